The normalized spacial score (nSPS) is 26.9. The highest BCUT2D eigenvalue weighted by Gasteiger charge is 2.41. The van der Waals surface area contributed by atoms with Gasteiger partial charge in [-0.1, -0.05) is 0 Å². The molecule has 1 atom stereocenters. The third-order valence-corrected chi connectivity index (χ3v) is 3.68. The molecule has 6 heteroatoms. The third kappa shape index (κ3) is 2.50. The molecule has 1 aromatic rings. The van der Waals surface area contributed by atoms with Gasteiger partial charge in [-0.2, -0.15) is 4.98 Å². The quantitative estimate of drug-likeness (QED) is 0.777. The molecule has 0 radical (unpaired) electrons. The average molecular weight is 264 g/mol. The summed E-state index contributed by atoms with van der Waals surface area (Å²) in [6.45, 7) is 3.81. The van der Waals surface area contributed by atoms with Crippen molar-refractivity contribution in [2.75, 3.05) is 56.8 Å². The number of rotatable bonds is 2. The van der Waals surface area contributed by atoms with Crippen LogP contribution in [0.1, 0.15) is 6.42 Å². The Bertz CT molecular complexity index is 446. The molecular formula is C13H20N4O2. The van der Waals surface area contributed by atoms with Crippen LogP contribution in [0, 0.1) is 0 Å². The van der Waals surface area contributed by atoms with Gasteiger partial charge in [0.05, 0.1) is 19.8 Å². The van der Waals surface area contributed by atoms with Crippen LogP contribution < -0.4 is 9.80 Å². The van der Waals surface area contributed by atoms with Crippen molar-refractivity contribution in [2.24, 2.45) is 0 Å². The molecule has 0 N–H and O–H groups in total. The van der Waals surface area contributed by atoms with Crippen molar-refractivity contribution >= 4 is 11.8 Å². The zero-order valence-corrected chi connectivity index (χ0v) is 11.5. The van der Waals surface area contributed by atoms with Gasteiger partial charge in [-0.05, 0) is 6.07 Å². The summed E-state index contributed by atoms with van der Waals surface area (Å²) in [5, 5.41) is 0. The smallest absolute Gasteiger partial charge is 0.227 e. The van der Waals surface area contributed by atoms with Crippen molar-refractivity contribution in [3.8, 4) is 0 Å². The molecule has 0 bridgehead atoms. The Morgan fingerprint density at radius 3 is 3.00 bits per heavy atom. The van der Waals surface area contributed by atoms with Gasteiger partial charge in [-0.15, -0.1) is 0 Å². The fraction of sp³-hybridized carbons (Fsp3) is 0.692. The summed E-state index contributed by atoms with van der Waals surface area (Å²) in [6, 6.07) is 1.92. The number of ether oxygens (including phenoxy) is 2. The Hall–Kier alpha value is -1.40. The van der Waals surface area contributed by atoms with Gasteiger partial charge in [-0.3, -0.25) is 0 Å². The van der Waals surface area contributed by atoms with E-state index in [1.54, 1.807) is 0 Å². The molecule has 1 spiro atoms. The maximum atomic E-state index is 5.92. The molecule has 2 aliphatic heterocycles. The highest BCUT2D eigenvalue weighted by atomic mass is 16.6. The summed E-state index contributed by atoms with van der Waals surface area (Å²) < 4.78 is 11.4. The van der Waals surface area contributed by atoms with Crippen LogP contribution in [-0.4, -0.2) is 62.6 Å². The van der Waals surface area contributed by atoms with E-state index in [9.17, 15) is 0 Å². The van der Waals surface area contributed by atoms with Crippen molar-refractivity contribution < 1.29 is 9.47 Å². The number of anilines is 2. The van der Waals surface area contributed by atoms with Gasteiger partial charge in [0, 0.05) is 39.9 Å². The molecule has 19 heavy (non-hydrogen) atoms. The average Bonchev–Trinajstić information content (AvgIpc) is 2.87. The highest BCUT2D eigenvalue weighted by molar-refractivity contribution is 5.43. The summed E-state index contributed by atoms with van der Waals surface area (Å²) in [6.07, 6.45) is 2.77. The Morgan fingerprint density at radius 1 is 1.37 bits per heavy atom. The number of aromatic nitrogens is 2. The molecular weight excluding hydrogens is 244 g/mol. The van der Waals surface area contributed by atoms with Gasteiger partial charge in [0.2, 0.25) is 5.95 Å². The van der Waals surface area contributed by atoms with Crippen molar-refractivity contribution in [3.05, 3.63) is 12.3 Å². The monoisotopic (exact) mass is 264 g/mol. The lowest BCUT2D eigenvalue weighted by Gasteiger charge is -2.39. The van der Waals surface area contributed by atoms with Gasteiger partial charge < -0.3 is 19.3 Å². The lowest BCUT2D eigenvalue weighted by molar-refractivity contribution is -0.0583. The van der Waals surface area contributed by atoms with Crippen molar-refractivity contribution in [3.63, 3.8) is 0 Å². The minimum Gasteiger partial charge on any atom is -0.378 e. The predicted molar refractivity (Wildman–Crippen MR) is 72.7 cm³/mol. The second-order valence-corrected chi connectivity index (χ2v) is 5.36. The van der Waals surface area contributed by atoms with Crippen LogP contribution in [0.3, 0.4) is 0 Å². The Morgan fingerprint density at radius 2 is 2.26 bits per heavy atom. The van der Waals surface area contributed by atoms with Crippen LogP contribution >= 0.6 is 0 Å². The van der Waals surface area contributed by atoms with Gasteiger partial charge in [-0.25, -0.2) is 4.98 Å². The molecule has 0 saturated carbocycles. The van der Waals surface area contributed by atoms with Gasteiger partial charge in [0.1, 0.15) is 11.4 Å². The first-order chi connectivity index (χ1) is 9.19. The minimum atomic E-state index is -0.157. The minimum absolute atomic E-state index is 0.157. The summed E-state index contributed by atoms with van der Waals surface area (Å²) >= 11 is 0. The maximum Gasteiger partial charge on any atom is 0.227 e. The van der Waals surface area contributed by atoms with Gasteiger partial charge >= 0.3 is 0 Å². The molecule has 104 valence electrons. The lowest BCUT2D eigenvalue weighted by Crippen LogP contribution is -2.53. The first-order valence-corrected chi connectivity index (χ1v) is 6.66. The molecule has 1 unspecified atom stereocenters. The molecule has 3 heterocycles. The molecule has 2 saturated heterocycles. The van der Waals surface area contributed by atoms with Crippen LogP contribution in [0.2, 0.25) is 0 Å². The van der Waals surface area contributed by atoms with E-state index in [2.05, 4.69) is 14.9 Å². The largest absolute Gasteiger partial charge is 0.378 e. The molecule has 0 aliphatic carbocycles. The summed E-state index contributed by atoms with van der Waals surface area (Å²) in [5.41, 5.74) is -0.157. The number of hydrogen-bond donors (Lipinski definition) is 0. The lowest BCUT2D eigenvalue weighted by atomic mass is 10.0. The molecule has 2 aliphatic rings. The molecule has 3 rings (SSSR count). The number of nitrogens with zero attached hydrogens (tertiary/aromatic N) is 4. The van der Waals surface area contributed by atoms with Crippen molar-refractivity contribution in [2.45, 2.75) is 12.0 Å². The van der Waals surface area contributed by atoms with E-state index < -0.39 is 0 Å². The van der Waals surface area contributed by atoms with Crippen LogP contribution in [-0.2, 0) is 9.47 Å². The SMILES string of the molecule is CN(C)c1ccnc(N2CCOC3(CCOC3)C2)n1. The van der Waals surface area contributed by atoms with Crippen LogP contribution in [0.4, 0.5) is 11.8 Å². The first kappa shape index (κ1) is 12.6. The van der Waals surface area contributed by atoms with E-state index >= 15 is 0 Å². The molecule has 0 amide bonds. The van der Waals surface area contributed by atoms with Crippen LogP contribution in [0.5, 0.6) is 0 Å². The Kier molecular flexibility index (Phi) is 3.28. The van der Waals surface area contributed by atoms with Gasteiger partial charge in [0.25, 0.3) is 0 Å². The standard InChI is InChI=1S/C13H20N4O2/c1-16(2)11-3-5-14-12(15-11)17-6-8-19-13(9-17)4-7-18-10-13/h3,5H,4,6-10H2,1-2H3. The topological polar surface area (TPSA) is 50.7 Å². The number of hydrogen-bond acceptors (Lipinski definition) is 6. The highest BCUT2D eigenvalue weighted by Crippen LogP contribution is 2.29. The third-order valence-electron chi connectivity index (χ3n) is 3.68. The summed E-state index contributed by atoms with van der Waals surface area (Å²) in [4.78, 5) is 13.2. The Labute approximate surface area is 113 Å². The fourth-order valence-electron chi connectivity index (χ4n) is 2.58. The van der Waals surface area contributed by atoms with Gasteiger partial charge in [0.15, 0.2) is 0 Å². The van der Waals surface area contributed by atoms with E-state index in [0.717, 1.165) is 37.9 Å². The predicted octanol–water partition coefficient (Wildman–Crippen LogP) is 0.538. The molecule has 1 aromatic heterocycles. The fourth-order valence-corrected chi connectivity index (χ4v) is 2.58. The van der Waals surface area contributed by atoms with E-state index in [1.807, 2.05) is 31.3 Å². The van der Waals surface area contributed by atoms with E-state index in [4.69, 9.17) is 9.47 Å². The van der Waals surface area contributed by atoms with Crippen LogP contribution in [0.25, 0.3) is 0 Å². The zero-order chi connectivity index (χ0) is 13.3. The van der Waals surface area contributed by atoms with E-state index in [1.165, 1.54) is 0 Å². The second-order valence-electron chi connectivity index (χ2n) is 5.36. The van der Waals surface area contributed by atoms with Crippen molar-refractivity contribution in [1.29, 1.82) is 0 Å². The molecule has 6 nitrogen and oxygen atoms in total. The Balaban J connectivity index is 1.79. The maximum absolute atomic E-state index is 5.92. The van der Waals surface area contributed by atoms with E-state index in [0.29, 0.717) is 13.2 Å². The summed E-state index contributed by atoms with van der Waals surface area (Å²) in [5.74, 6) is 1.70. The number of morpholine rings is 1. The zero-order valence-electron chi connectivity index (χ0n) is 11.5. The van der Waals surface area contributed by atoms with E-state index in [-0.39, 0.29) is 5.60 Å². The molecule has 0 aromatic carbocycles. The summed E-state index contributed by atoms with van der Waals surface area (Å²) in [7, 11) is 3.97. The van der Waals surface area contributed by atoms with Crippen LogP contribution in [0.15, 0.2) is 12.3 Å². The second kappa shape index (κ2) is 4.94. The molecule has 2 fully saturated rings. The van der Waals surface area contributed by atoms with Crippen molar-refractivity contribution in [1.82, 2.24) is 9.97 Å². The first-order valence-electron chi connectivity index (χ1n) is 6.66.